The minimum atomic E-state index is -0.984. The van der Waals surface area contributed by atoms with Crippen LogP contribution in [0.25, 0.3) is 0 Å². The first-order valence-corrected chi connectivity index (χ1v) is 6.73. The van der Waals surface area contributed by atoms with Crippen molar-refractivity contribution >= 4 is 12.0 Å². The van der Waals surface area contributed by atoms with Crippen LogP contribution in [-0.4, -0.2) is 29.7 Å². The first-order valence-electron chi connectivity index (χ1n) is 6.73. The van der Waals surface area contributed by atoms with Gasteiger partial charge in [0.15, 0.2) is 0 Å². The number of carbonyl (C=O) groups excluding carboxylic acids is 1. The van der Waals surface area contributed by atoms with Crippen LogP contribution in [0, 0.1) is 11.8 Å². The summed E-state index contributed by atoms with van der Waals surface area (Å²) in [5.41, 5.74) is 0. The second kappa shape index (κ2) is 8.78. The van der Waals surface area contributed by atoms with Crippen LogP contribution in [0.2, 0.25) is 0 Å². The normalized spacial score (nSPS) is 14.1. The molecule has 0 aromatic rings. The van der Waals surface area contributed by atoms with Crippen LogP contribution in [0.3, 0.4) is 0 Å². The van der Waals surface area contributed by atoms with Gasteiger partial charge in [0.1, 0.15) is 6.04 Å². The highest BCUT2D eigenvalue weighted by Crippen LogP contribution is 2.08. The molecule has 0 aromatic heterocycles. The van der Waals surface area contributed by atoms with Gasteiger partial charge in [-0.2, -0.15) is 0 Å². The molecule has 0 aromatic carbocycles. The number of aliphatic carboxylic acids is 1. The largest absolute Gasteiger partial charge is 0.480 e. The van der Waals surface area contributed by atoms with Gasteiger partial charge < -0.3 is 15.7 Å². The van der Waals surface area contributed by atoms with Crippen molar-refractivity contribution in [3.63, 3.8) is 0 Å². The molecule has 5 nitrogen and oxygen atoms in total. The number of carboxylic acid groups (broad SMARTS) is 1. The molecule has 2 amide bonds. The second-order valence-corrected chi connectivity index (χ2v) is 4.74. The minimum absolute atomic E-state index is 0.0820. The zero-order valence-electron chi connectivity index (χ0n) is 11.8. The van der Waals surface area contributed by atoms with Crippen LogP contribution < -0.4 is 10.6 Å². The molecule has 0 saturated carbocycles. The summed E-state index contributed by atoms with van der Waals surface area (Å²) in [6.45, 7) is 8.47. The van der Waals surface area contributed by atoms with Crippen molar-refractivity contribution in [1.29, 1.82) is 0 Å². The van der Waals surface area contributed by atoms with Gasteiger partial charge in [-0.3, -0.25) is 0 Å². The van der Waals surface area contributed by atoms with Crippen molar-refractivity contribution in [1.82, 2.24) is 10.6 Å². The molecule has 0 spiro atoms. The highest BCUT2D eigenvalue weighted by molar-refractivity contribution is 5.82. The number of urea groups is 1. The summed E-state index contributed by atoms with van der Waals surface area (Å²) < 4.78 is 0. The van der Waals surface area contributed by atoms with Crippen molar-refractivity contribution in [2.45, 2.75) is 53.0 Å². The van der Waals surface area contributed by atoms with Crippen LogP contribution >= 0.6 is 0 Å². The van der Waals surface area contributed by atoms with Crippen LogP contribution in [0.5, 0.6) is 0 Å². The van der Waals surface area contributed by atoms with Gasteiger partial charge in [-0.25, -0.2) is 9.59 Å². The Bertz CT molecular complexity index is 265. The van der Waals surface area contributed by atoms with E-state index in [4.69, 9.17) is 5.11 Å². The Morgan fingerprint density at radius 3 is 2.06 bits per heavy atom. The summed E-state index contributed by atoms with van der Waals surface area (Å²) in [5, 5.41) is 14.3. The van der Waals surface area contributed by atoms with Gasteiger partial charge in [0.2, 0.25) is 0 Å². The molecule has 0 aliphatic carbocycles. The van der Waals surface area contributed by atoms with Gasteiger partial charge in [0.25, 0.3) is 0 Å². The molecule has 0 saturated heterocycles. The third-order valence-corrected chi connectivity index (χ3v) is 3.47. The molecule has 0 aliphatic rings. The Kier molecular flexibility index (Phi) is 8.16. The van der Waals surface area contributed by atoms with E-state index < -0.39 is 18.0 Å². The smallest absolute Gasteiger partial charge is 0.326 e. The number of rotatable bonds is 8. The Balaban J connectivity index is 4.22. The molecule has 3 N–H and O–H groups in total. The van der Waals surface area contributed by atoms with E-state index >= 15 is 0 Å². The van der Waals surface area contributed by atoms with Crippen molar-refractivity contribution in [2.75, 3.05) is 6.54 Å². The van der Waals surface area contributed by atoms with Gasteiger partial charge in [0.05, 0.1) is 0 Å². The van der Waals surface area contributed by atoms with Gasteiger partial charge >= 0.3 is 12.0 Å². The van der Waals surface area contributed by atoms with Gasteiger partial charge in [-0.15, -0.1) is 0 Å². The van der Waals surface area contributed by atoms with Crippen molar-refractivity contribution in [3.05, 3.63) is 0 Å². The fourth-order valence-electron chi connectivity index (χ4n) is 1.69. The van der Waals surface area contributed by atoms with Crippen molar-refractivity contribution in [2.24, 2.45) is 11.8 Å². The van der Waals surface area contributed by atoms with E-state index in [0.29, 0.717) is 18.9 Å². The fourth-order valence-corrected chi connectivity index (χ4v) is 1.69. The summed E-state index contributed by atoms with van der Waals surface area (Å²) in [7, 11) is 0. The minimum Gasteiger partial charge on any atom is -0.480 e. The number of amides is 2. The van der Waals surface area contributed by atoms with Crippen molar-refractivity contribution < 1.29 is 14.7 Å². The number of carbonyl (C=O) groups is 2. The molecule has 0 radical (unpaired) electrons. The van der Waals surface area contributed by atoms with Gasteiger partial charge in [-0.05, 0) is 11.8 Å². The van der Waals surface area contributed by atoms with E-state index in [1.165, 1.54) is 0 Å². The van der Waals surface area contributed by atoms with E-state index in [2.05, 4.69) is 24.5 Å². The lowest BCUT2D eigenvalue weighted by Crippen LogP contribution is -2.49. The summed E-state index contributed by atoms with van der Waals surface area (Å²) in [5.74, 6) is -0.619. The highest BCUT2D eigenvalue weighted by atomic mass is 16.4. The van der Waals surface area contributed by atoms with E-state index in [0.717, 1.165) is 12.8 Å². The molecule has 106 valence electrons. The molecule has 5 heteroatoms. The molecule has 0 aliphatic heterocycles. The van der Waals surface area contributed by atoms with Gasteiger partial charge in [0, 0.05) is 6.54 Å². The number of hydrogen-bond donors (Lipinski definition) is 3. The topological polar surface area (TPSA) is 78.4 Å². The van der Waals surface area contributed by atoms with E-state index in [9.17, 15) is 9.59 Å². The Labute approximate surface area is 109 Å². The lowest BCUT2D eigenvalue weighted by atomic mass is 9.99. The van der Waals surface area contributed by atoms with Gasteiger partial charge in [-0.1, -0.05) is 47.0 Å². The van der Waals surface area contributed by atoms with Crippen LogP contribution in [0.1, 0.15) is 47.0 Å². The molecule has 0 bridgehead atoms. The van der Waals surface area contributed by atoms with E-state index in [1.807, 2.05) is 13.8 Å². The maximum atomic E-state index is 11.6. The van der Waals surface area contributed by atoms with E-state index in [1.54, 1.807) is 0 Å². The first-order chi connectivity index (χ1) is 8.46. The lowest BCUT2D eigenvalue weighted by Gasteiger charge is -2.21. The molecule has 0 heterocycles. The molecule has 18 heavy (non-hydrogen) atoms. The fraction of sp³-hybridized carbons (Fsp3) is 0.846. The number of carboxylic acids is 1. The third-order valence-electron chi connectivity index (χ3n) is 3.47. The zero-order valence-corrected chi connectivity index (χ0v) is 11.8. The maximum absolute atomic E-state index is 11.6. The zero-order chi connectivity index (χ0) is 14.1. The average molecular weight is 258 g/mol. The SMILES string of the molecule is CCC(CC)CNC(=O)N[C@H](C(=O)O)C(C)CC. The molecular formula is C13H26N2O3. The third kappa shape index (κ3) is 5.89. The summed E-state index contributed by atoms with van der Waals surface area (Å²) in [6.07, 6.45) is 2.72. The predicted molar refractivity (Wildman–Crippen MR) is 71.5 cm³/mol. The predicted octanol–water partition coefficient (Wildman–Crippen LogP) is 2.22. The quantitative estimate of drug-likeness (QED) is 0.624. The standard InChI is InChI=1S/C13H26N2O3/c1-5-9(4)11(12(16)17)15-13(18)14-8-10(6-2)7-3/h9-11H,5-8H2,1-4H3,(H,16,17)(H2,14,15,18)/t9?,11-/m0/s1. The van der Waals surface area contributed by atoms with Crippen LogP contribution in [0.4, 0.5) is 4.79 Å². The maximum Gasteiger partial charge on any atom is 0.326 e. The second-order valence-electron chi connectivity index (χ2n) is 4.74. The lowest BCUT2D eigenvalue weighted by molar-refractivity contribution is -0.140. The summed E-state index contributed by atoms with van der Waals surface area (Å²) in [6, 6.07) is -1.22. The Morgan fingerprint density at radius 2 is 1.67 bits per heavy atom. The van der Waals surface area contributed by atoms with Crippen LogP contribution in [-0.2, 0) is 4.79 Å². The summed E-state index contributed by atoms with van der Waals surface area (Å²) >= 11 is 0. The highest BCUT2D eigenvalue weighted by Gasteiger charge is 2.25. The summed E-state index contributed by atoms with van der Waals surface area (Å²) in [4.78, 5) is 22.7. The average Bonchev–Trinajstić information content (AvgIpc) is 2.35. The molecule has 0 rings (SSSR count). The molecule has 2 atom stereocenters. The Hall–Kier alpha value is -1.26. The molecule has 1 unspecified atom stereocenters. The molecular weight excluding hydrogens is 232 g/mol. The first kappa shape index (κ1) is 16.7. The molecule has 0 fully saturated rings. The Morgan fingerprint density at radius 1 is 1.11 bits per heavy atom. The van der Waals surface area contributed by atoms with Crippen molar-refractivity contribution in [3.8, 4) is 0 Å². The van der Waals surface area contributed by atoms with E-state index in [-0.39, 0.29) is 5.92 Å². The monoisotopic (exact) mass is 258 g/mol. The number of nitrogens with one attached hydrogen (secondary N) is 2. The number of hydrogen-bond acceptors (Lipinski definition) is 2. The van der Waals surface area contributed by atoms with Crippen LogP contribution in [0.15, 0.2) is 0 Å².